The highest BCUT2D eigenvalue weighted by Gasteiger charge is 2.18. The summed E-state index contributed by atoms with van der Waals surface area (Å²) in [7, 11) is 0. The van der Waals surface area contributed by atoms with E-state index in [1.807, 2.05) is 6.08 Å². The molecule has 0 aromatic heterocycles. The maximum atomic E-state index is 12.5. The lowest BCUT2D eigenvalue weighted by molar-refractivity contribution is -0.143. The van der Waals surface area contributed by atoms with Crippen LogP contribution in [0.2, 0.25) is 0 Å². The number of rotatable bonds is 50. The molecule has 60 heavy (non-hydrogen) atoms. The van der Waals surface area contributed by atoms with Crippen LogP contribution in [0.5, 0.6) is 0 Å². The van der Waals surface area contributed by atoms with Gasteiger partial charge in [-0.25, -0.2) is 0 Å². The number of aliphatic hydroxyl groups excluding tert-OH is 2. The first-order valence-corrected chi connectivity index (χ1v) is 27.0. The predicted molar refractivity (Wildman–Crippen MR) is 260 cm³/mol. The predicted octanol–water partition coefficient (Wildman–Crippen LogP) is 16.1. The Morgan fingerprint density at radius 1 is 0.450 bits per heavy atom. The highest BCUT2D eigenvalue weighted by Crippen LogP contribution is 2.17. The van der Waals surface area contributed by atoms with Crippen molar-refractivity contribution in [3.63, 3.8) is 0 Å². The molecule has 2 unspecified atom stereocenters. The van der Waals surface area contributed by atoms with Gasteiger partial charge >= 0.3 is 5.97 Å². The molecule has 0 rings (SSSR count). The number of unbranched alkanes of at least 4 members (excludes halogenated alkanes) is 39. The fourth-order valence-corrected chi connectivity index (χ4v) is 8.40. The molecule has 356 valence electrons. The minimum absolute atomic E-state index is 0.0258. The van der Waals surface area contributed by atoms with E-state index in [4.69, 9.17) is 4.74 Å². The molecule has 3 N–H and O–H groups in total. The minimum Gasteiger partial charge on any atom is -0.466 e. The van der Waals surface area contributed by atoms with Gasteiger partial charge in [0.25, 0.3) is 0 Å². The van der Waals surface area contributed by atoms with Crippen LogP contribution in [0, 0.1) is 0 Å². The molecule has 0 saturated carbocycles. The van der Waals surface area contributed by atoms with Gasteiger partial charge in [0.05, 0.1) is 25.4 Å². The molecule has 0 fully saturated rings. The van der Waals surface area contributed by atoms with E-state index >= 15 is 0 Å². The van der Waals surface area contributed by atoms with Crippen LogP contribution in [-0.4, -0.2) is 47.4 Å². The van der Waals surface area contributed by atoms with E-state index in [1.54, 1.807) is 6.08 Å². The van der Waals surface area contributed by atoms with Crippen molar-refractivity contribution in [3.05, 3.63) is 12.2 Å². The summed E-state index contributed by atoms with van der Waals surface area (Å²) < 4.78 is 5.44. The third-order valence-electron chi connectivity index (χ3n) is 12.6. The number of aliphatic hydroxyl groups is 2. The molecule has 0 spiro atoms. The summed E-state index contributed by atoms with van der Waals surface area (Å²) in [6.07, 6.45) is 57.9. The molecule has 0 heterocycles. The molecule has 0 bridgehead atoms. The lowest BCUT2D eigenvalue weighted by Gasteiger charge is -2.20. The average Bonchev–Trinajstić information content (AvgIpc) is 3.25. The van der Waals surface area contributed by atoms with Crippen molar-refractivity contribution >= 4 is 11.9 Å². The van der Waals surface area contributed by atoms with E-state index in [-0.39, 0.29) is 18.5 Å². The Labute approximate surface area is 374 Å². The highest BCUT2D eigenvalue weighted by molar-refractivity contribution is 5.76. The maximum absolute atomic E-state index is 12.5. The Bertz CT molecular complexity index is 893. The van der Waals surface area contributed by atoms with Crippen molar-refractivity contribution in [1.29, 1.82) is 0 Å². The smallest absolute Gasteiger partial charge is 0.305 e. The zero-order chi connectivity index (χ0) is 43.7. The fraction of sp³-hybridized carbons (Fsp3) is 0.926. The van der Waals surface area contributed by atoms with Crippen LogP contribution < -0.4 is 5.32 Å². The van der Waals surface area contributed by atoms with E-state index in [0.29, 0.717) is 19.4 Å². The van der Waals surface area contributed by atoms with E-state index < -0.39 is 12.1 Å². The van der Waals surface area contributed by atoms with Gasteiger partial charge in [0.1, 0.15) is 0 Å². The van der Waals surface area contributed by atoms with Crippen LogP contribution in [0.15, 0.2) is 12.2 Å². The summed E-state index contributed by atoms with van der Waals surface area (Å²) in [5.74, 6) is -0.118. The summed E-state index contributed by atoms with van der Waals surface area (Å²) in [4.78, 5) is 24.5. The van der Waals surface area contributed by atoms with Crippen LogP contribution in [-0.2, 0) is 14.3 Å². The zero-order valence-electron chi connectivity index (χ0n) is 40.5. The van der Waals surface area contributed by atoms with Crippen molar-refractivity contribution in [2.24, 2.45) is 0 Å². The van der Waals surface area contributed by atoms with Crippen molar-refractivity contribution in [3.8, 4) is 0 Å². The summed E-state index contributed by atoms with van der Waals surface area (Å²) in [5.41, 5.74) is 0. The van der Waals surface area contributed by atoms with Gasteiger partial charge in [0, 0.05) is 12.8 Å². The molecular formula is C54H105NO5. The summed E-state index contributed by atoms with van der Waals surface area (Å²) >= 11 is 0. The van der Waals surface area contributed by atoms with E-state index in [9.17, 15) is 19.8 Å². The first-order chi connectivity index (χ1) is 29.5. The number of amides is 1. The number of hydrogen-bond donors (Lipinski definition) is 3. The van der Waals surface area contributed by atoms with E-state index in [1.165, 1.54) is 212 Å². The first-order valence-electron chi connectivity index (χ1n) is 27.0. The molecule has 0 aliphatic carbocycles. The number of ether oxygens (including phenoxy) is 1. The number of nitrogens with one attached hydrogen (secondary N) is 1. The molecule has 6 heteroatoms. The molecule has 0 saturated heterocycles. The van der Waals surface area contributed by atoms with Crippen LogP contribution in [0.3, 0.4) is 0 Å². The Morgan fingerprint density at radius 3 is 1.13 bits per heavy atom. The van der Waals surface area contributed by atoms with Crippen LogP contribution in [0.4, 0.5) is 0 Å². The Morgan fingerprint density at radius 2 is 0.767 bits per heavy atom. The van der Waals surface area contributed by atoms with E-state index in [2.05, 4.69) is 19.2 Å². The van der Waals surface area contributed by atoms with Crippen molar-refractivity contribution < 1.29 is 24.5 Å². The number of carbonyl (C=O) groups is 2. The van der Waals surface area contributed by atoms with E-state index in [0.717, 1.165) is 57.8 Å². The van der Waals surface area contributed by atoms with Crippen molar-refractivity contribution in [2.45, 2.75) is 309 Å². The van der Waals surface area contributed by atoms with Crippen LogP contribution in [0.1, 0.15) is 296 Å². The normalized spacial score (nSPS) is 12.7. The third kappa shape index (κ3) is 46.1. The summed E-state index contributed by atoms with van der Waals surface area (Å²) in [5, 5.41) is 23.1. The maximum Gasteiger partial charge on any atom is 0.305 e. The van der Waals surface area contributed by atoms with Crippen molar-refractivity contribution in [2.75, 3.05) is 13.2 Å². The molecule has 0 aliphatic rings. The van der Waals surface area contributed by atoms with Gasteiger partial charge in [-0.1, -0.05) is 264 Å². The number of hydrogen-bond acceptors (Lipinski definition) is 5. The largest absolute Gasteiger partial charge is 0.466 e. The SMILES string of the molecule is CCCCCCCCCCCCCCCCCCCCCC/C=C/C(O)C(CO)NC(=O)CCCCCCCCCCCOC(=O)CCCCCCCCCCCCCC. The Hall–Kier alpha value is -1.40. The molecule has 2 atom stereocenters. The zero-order valence-corrected chi connectivity index (χ0v) is 40.5. The molecule has 0 aromatic rings. The molecule has 0 radical (unpaired) electrons. The molecule has 1 amide bonds. The molecule has 0 aliphatic heterocycles. The quantitative estimate of drug-likeness (QED) is 0.0322. The summed E-state index contributed by atoms with van der Waals surface area (Å²) in [6, 6.07) is -0.647. The fourth-order valence-electron chi connectivity index (χ4n) is 8.40. The molecular weight excluding hydrogens is 743 g/mol. The second-order valence-corrected chi connectivity index (χ2v) is 18.6. The third-order valence-corrected chi connectivity index (χ3v) is 12.6. The van der Waals surface area contributed by atoms with Crippen molar-refractivity contribution in [1.82, 2.24) is 5.32 Å². The van der Waals surface area contributed by atoms with Crippen LogP contribution in [0.25, 0.3) is 0 Å². The average molecular weight is 848 g/mol. The van der Waals surface area contributed by atoms with Gasteiger partial charge in [-0.2, -0.15) is 0 Å². The Balaban J connectivity index is 3.52. The van der Waals surface area contributed by atoms with Gasteiger partial charge in [-0.15, -0.1) is 0 Å². The van der Waals surface area contributed by atoms with Gasteiger partial charge in [-0.3, -0.25) is 9.59 Å². The first kappa shape index (κ1) is 58.6. The standard InChI is InChI=1S/C54H105NO5/c1-3-5-7-9-11-13-15-17-18-19-20-21-22-23-24-25-26-27-30-34-38-42-46-52(57)51(50-56)55-53(58)47-43-39-35-31-29-33-37-41-45-49-60-54(59)48-44-40-36-32-28-16-14-12-10-8-6-4-2/h42,46,51-52,56-57H,3-41,43-45,47-50H2,1-2H3,(H,55,58)/b46-42+. The monoisotopic (exact) mass is 848 g/mol. The summed E-state index contributed by atoms with van der Waals surface area (Å²) in [6.45, 7) is 4.85. The molecule has 6 nitrogen and oxygen atoms in total. The van der Waals surface area contributed by atoms with Gasteiger partial charge in [-0.05, 0) is 32.1 Å². The molecule has 0 aromatic carbocycles. The van der Waals surface area contributed by atoms with Gasteiger partial charge < -0.3 is 20.3 Å². The minimum atomic E-state index is -0.861. The van der Waals surface area contributed by atoms with Gasteiger partial charge in [0.2, 0.25) is 5.91 Å². The highest BCUT2D eigenvalue weighted by atomic mass is 16.5. The number of esters is 1. The number of carbonyl (C=O) groups excluding carboxylic acids is 2. The van der Waals surface area contributed by atoms with Gasteiger partial charge in [0.15, 0.2) is 0 Å². The Kier molecular flexibility index (Phi) is 49.1. The van der Waals surface area contributed by atoms with Crippen LogP contribution >= 0.6 is 0 Å². The second kappa shape index (κ2) is 50.2. The topological polar surface area (TPSA) is 95.9 Å². The number of allylic oxidation sites excluding steroid dienone is 1. The second-order valence-electron chi connectivity index (χ2n) is 18.6. The lowest BCUT2D eigenvalue weighted by atomic mass is 10.0. The lowest BCUT2D eigenvalue weighted by Crippen LogP contribution is -2.45.